The molecule has 8 heterocycles. The van der Waals surface area contributed by atoms with Crippen molar-refractivity contribution < 1.29 is 58.3 Å². The van der Waals surface area contributed by atoms with Crippen LogP contribution in [0.1, 0.15) is 74.1 Å². The standard InChI is InChI=1S/C57H71N13O10SSi3/c1-6-7-31-66(33-19-34-81(74,75)78-59)32-16-28-47(71)60-29-17-35-82(2,3)79-84(80-83(4,5)36-18-30-61-48(72)37-76-38-49(73)77-58)67-50-39-20-8-9-21-40(39)51(67)63-53-43-24-12-13-25-44(43)55(69(53)84)65-57-46-27-15-14-26-45(46)56(70(57)84)64-54-42-23-11-10-22-41(42)52(62-50)68(54)84/h8-15,20-27H,6-7,16-19,28-38,58-59H2,1-5H3,(H,60,71)(H,61,72)/p+1. The van der Waals surface area contributed by atoms with Crippen molar-refractivity contribution >= 4 is 109 Å². The molecule has 1 spiro atoms. The second-order valence-electron chi connectivity index (χ2n) is 23.8. The van der Waals surface area contributed by atoms with Gasteiger partial charge < -0.3 is 0 Å². The molecule has 84 heavy (non-hydrogen) atoms. The van der Waals surface area contributed by atoms with Crippen molar-refractivity contribution in [3.8, 4) is 0 Å². The van der Waals surface area contributed by atoms with Gasteiger partial charge in [0, 0.05) is 6.42 Å². The molecule has 1 atom stereocenters. The number of hydrogen-bond acceptors (Lipinski definition) is 16. The van der Waals surface area contributed by atoms with Gasteiger partial charge in [0.05, 0.1) is 5.75 Å². The number of nitrogens with one attached hydrogen (secondary N) is 3. The molecule has 0 aliphatic carbocycles. The Labute approximate surface area is 487 Å². The third-order valence-corrected chi connectivity index (χ3v) is 34.9. The first-order valence-corrected chi connectivity index (χ1v) is 39.4. The number of aliphatic imine (C=N–C) groups is 2. The number of rotatable bonds is 28. The van der Waals surface area contributed by atoms with Gasteiger partial charge in [-0.3, -0.25) is 0 Å². The van der Waals surface area contributed by atoms with E-state index in [0.29, 0.717) is 103 Å². The fraction of sp³-hybridized carbons (Fsp3) is 0.386. The SMILES string of the molecule is CCCC[NH+](CCCC(=O)NCCC[Si](C)(C)O[Si-2]123(O[Si](C)(C)CCCNC(=O)COCC(=O)ON)n4c5c6ccccc6c4N=C4c6ccccc6C(=[N+]41)N=c1c4ccccc4c(n12)=NC1=[N+]3C(=N5)c2ccccc21)CCCS(=O)(=O)ON. The average molecular weight is 1220 g/mol. The zero-order valence-electron chi connectivity index (χ0n) is 48.0. The molecule has 7 N–H and O–H groups in total. The Kier molecular flexibility index (Phi) is 14.5. The normalized spacial score (nSPS) is 17.9. The molecule has 6 aliphatic heterocycles. The first-order chi connectivity index (χ1) is 40.4. The maximum atomic E-state index is 13.8. The molecule has 27 heteroatoms. The number of nitrogens with two attached hydrogens (primary N) is 2. The maximum absolute atomic E-state index is 13.8. The van der Waals surface area contributed by atoms with E-state index in [9.17, 15) is 31.0 Å². The average Bonchev–Trinajstić information content (AvgIpc) is 1.24. The smallest absolute Gasteiger partial charge is 0.198 e. The van der Waals surface area contributed by atoms with Crippen molar-refractivity contribution in [1.29, 1.82) is 0 Å². The second-order valence-corrected chi connectivity index (χ2v) is 39.8. The molecular formula is C57H72N13O10SSi3+. The van der Waals surface area contributed by atoms with Crippen LogP contribution in [0.25, 0.3) is 21.5 Å². The number of amides is 2. The van der Waals surface area contributed by atoms with E-state index < -0.39 is 53.0 Å². The summed E-state index contributed by atoms with van der Waals surface area (Å²) in [7, 11) is -17.4. The molecule has 0 bridgehead atoms. The number of amidine groups is 4. The van der Waals surface area contributed by atoms with Gasteiger partial charge in [0.15, 0.2) is 0 Å². The number of ether oxygens (including phenoxy) is 1. The molecule has 6 aliphatic rings. The van der Waals surface area contributed by atoms with Crippen LogP contribution in [0.15, 0.2) is 117 Å². The van der Waals surface area contributed by atoms with E-state index in [1.54, 1.807) is 0 Å². The number of carbonyl (C=O) groups is 3. The minimum absolute atomic E-state index is 0.0551. The van der Waals surface area contributed by atoms with Gasteiger partial charge in [-0.1, -0.05) is 13.3 Å². The summed E-state index contributed by atoms with van der Waals surface area (Å²) in [5.74, 6) is 12.3. The van der Waals surface area contributed by atoms with Gasteiger partial charge in [-0.05, 0) is 6.42 Å². The molecule has 0 saturated carbocycles. The van der Waals surface area contributed by atoms with Crippen LogP contribution < -0.4 is 38.3 Å². The van der Waals surface area contributed by atoms with Crippen LogP contribution in [0.2, 0.25) is 38.3 Å². The monoisotopic (exact) mass is 1210 g/mol. The molecule has 12 rings (SSSR count). The van der Waals surface area contributed by atoms with Crippen LogP contribution in [0.4, 0.5) is 11.6 Å². The molecule has 0 fully saturated rings. The predicted molar refractivity (Wildman–Crippen MR) is 323 cm³/mol. The van der Waals surface area contributed by atoms with Gasteiger partial charge in [-0.25, -0.2) is 0 Å². The number of aromatic nitrogens is 2. The second kappa shape index (κ2) is 21.2. The summed E-state index contributed by atoms with van der Waals surface area (Å²) in [4.78, 5) is 67.2. The topological polar surface area (TPSA) is 277 Å². The fourth-order valence-electron chi connectivity index (χ4n) is 14.0. The van der Waals surface area contributed by atoms with E-state index in [4.69, 9.17) is 36.5 Å². The number of benzene rings is 4. The Morgan fingerprint density at radius 2 is 1.08 bits per heavy atom. The van der Waals surface area contributed by atoms with Crippen molar-refractivity contribution in [3.05, 3.63) is 130 Å². The summed E-state index contributed by atoms with van der Waals surface area (Å²) in [5.41, 5.74) is 4.71. The minimum Gasteiger partial charge on any atom is -0.198 e. The van der Waals surface area contributed by atoms with Crippen molar-refractivity contribution in [2.24, 2.45) is 31.8 Å². The van der Waals surface area contributed by atoms with Crippen LogP contribution >= 0.6 is 0 Å². The van der Waals surface area contributed by atoms with E-state index in [1.807, 2.05) is 48.5 Å². The molecule has 442 valence electrons. The Balaban J connectivity index is 1.01. The summed E-state index contributed by atoms with van der Waals surface area (Å²) < 4.78 is 60.9. The van der Waals surface area contributed by atoms with Gasteiger partial charge >= 0.3 is 424 Å². The number of fused-ring (bicyclic) bond motifs is 12. The van der Waals surface area contributed by atoms with E-state index in [2.05, 4.69) is 118 Å². The van der Waals surface area contributed by atoms with Crippen molar-refractivity contribution in [2.75, 3.05) is 51.7 Å². The van der Waals surface area contributed by atoms with Gasteiger partial charge in [-0.15, -0.1) is 0 Å². The Hall–Kier alpha value is -7.03. The predicted octanol–water partition coefficient (Wildman–Crippen LogP) is 3.29. The Morgan fingerprint density at radius 3 is 1.60 bits per heavy atom. The molecule has 23 nitrogen and oxygen atoms in total. The summed E-state index contributed by atoms with van der Waals surface area (Å²) in [6.07, 6.45) is 4.45. The molecule has 4 aromatic carbocycles. The van der Waals surface area contributed by atoms with Crippen LogP contribution in [-0.2, 0) is 46.6 Å². The quantitative estimate of drug-likeness (QED) is 0.0269. The number of quaternary nitrogens is 1. The summed E-state index contributed by atoms with van der Waals surface area (Å²) in [5, 5.41) is 9.68. The Bertz CT molecular complexity index is 4000. The Morgan fingerprint density at radius 1 is 0.607 bits per heavy atom. The van der Waals surface area contributed by atoms with Crippen LogP contribution in [-0.4, -0.2) is 143 Å². The summed E-state index contributed by atoms with van der Waals surface area (Å²) in [6, 6.07) is 34.1. The van der Waals surface area contributed by atoms with Crippen LogP contribution in [0, 0.1) is 0 Å². The van der Waals surface area contributed by atoms with Gasteiger partial charge in [0.1, 0.15) is 0 Å². The van der Waals surface area contributed by atoms with E-state index >= 15 is 0 Å². The molecule has 2 aromatic heterocycles. The minimum atomic E-state index is -7.00. The zero-order chi connectivity index (χ0) is 58.9. The van der Waals surface area contributed by atoms with Gasteiger partial charge in [-0.2, -0.15) is 24.5 Å². The molecule has 2 amide bonds. The van der Waals surface area contributed by atoms with Crippen molar-refractivity contribution in [2.45, 2.75) is 90.1 Å². The third kappa shape index (κ3) is 8.71. The number of carbonyl (C=O) groups excluding carboxylic acids is 3. The number of unbranched alkanes of at least 4 members (excludes halogenated alkanes) is 1. The van der Waals surface area contributed by atoms with Crippen molar-refractivity contribution in [3.63, 3.8) is 0 Å². The first kappa shape index (κ1) is 57.4. The summed E-state index contributed by atoms with van der Waals surface area (Å²) in [6.45, 7) is 13.1. The molecule has 0 radical (unpaired) electrons. The molecular weight excluding hydrogens is 1140 g/mol. The third-order valence-electron chi connectivity index (χ3n) is 17.1. The first-order valence-electron chi connectivity index (χ1n) is 29.0. The zero-order valence-corrected chi connectivity index (χ0v) is 51.8. The number of hydrogen-bond donors (Lipinski definition) is 5. The van der Waals surface area contributed by atoms with E-state index in [-0.39, 0.29) is 24.8 Å². The van der Waals surface area contributed by atoms with Crippen molar-refractivity contribution in [1.82, 2.24) is 19.1 Å². The van der Waals surface area contributed by atoms with Crippen LogP contribution in [0.3, 0.4) is 0 Å². The number of nitrogens with zero attached hydrogens (tertiary/aromatic N) is 8. The molecule has 6 aromatic rings. The fourth-order valence-corrected chi connectivity index (χ4v) is 36.9. The van der Waals surface area contributed by atoms with Gasteiger partial charge in [0.2, 0.25) is 0 Å². The van der Waals surface area contributed by atoms with Crippen LogP contribution in [0.5, 0.6) is 0 Å². The van der Waals surface area contributed by atoms with E-state index in [0.717, 1.165) is 69.7 Å². The molecule has 0 saturated heterocycles. The summed E-state index contributed by atoms with van der Waals surface area (Å²) >= 11 is 0. The molecule has 1 unspecified atom stereocenters. The van der Waals surface area contributed by atoms with E-state index in [1.165, 1.54) is 4.90 Å². The van der Waals surface area contributed by atoms with Gasteiger partial charge in [0.25, 0.3) is 10.1 Å².